The molecule has 0 saturated carbocycles. The Bertz CT molecular complexity index is 526. The fourth-order valence-electron chi connectivity index (χ4n) is 3.36. The van der Waals surface area contributed by atoms with Gasteiger partial charge in [0.05, 0.1) is 21.3 Å². The normalized spacial score (nSPS) is 10.8. The van der Waals surface area contributed by atoms with Crippen molar-refractivity contribution in [3.05, 3.63) is 16.7 Å². The van der Waals surface area contributed by atoms with E-state index in [1.165, 1.54) is 49.7 Å². The Morgan fingerprint density at radius 3 is 1.81 bits per heavy atom. The first kappa shape index (κ1) is 22.6. The molecule has 0 spiro atoms. The van der Waals surface area contributed by atoms with Crippen LogP contribution in [0.15, 0.2) is 0 Å². The number of hydrogen-bond acceptors (Lipinski definition) is 4. The van der Waals surface area contributed by atoms with Crippen LogP contribution >= 0.6 is 0 Å². The Balaban J connectivity index is 2.51. The van der Waals surface area contributed by atoms with Crippen LogP contribution in [0.25, 0.3) is 0 Å². The first-order valence-corrected chi connectivity index (χ1v) is 9.98. The first-order valence-electron chi connectivity index (χ1n) is 9.98. The second-order valence-electron chi connectivity index (χ2n) is 6.81. The molecule has 0 unspecified atom stereocenters. The van der Waals surface area contributed by atoms with Crippen molar-refractivity contribution in [2.24, 2.45) is 0 Å². The molecule has 1 rings (SSSR count). The third-order valence-electron chi connectivity index (χ3n) is 5.01. The molecular weight excluding hydrogens is 328 g/mol. The van der Waals surface area contributed by atoms with Gasteiger partial charge in [0.25, 0.3) is 0 Å². The van der Waals surface area contributed by atoms with Gasteiger partial charge in [-0.3, -0.25) is 0 Å². The summed E-state index contributed by atoms with van der Waals surface area (Å²) >= 11 is 0. The molecule has 0 N–H and O–H groups in total. The lowest BCUT2D eigenvalue weighted by Gasteiger charge is -2.21. The maximum absolute atomic E-state index is 5.81. The summed E-state index contributed by atoms with van der Waals surface area (Å²) in [6, 6.07) is 0. The van der Waals surface area contributed by atoms with Gasteiger partial charge in [-0.25, -0.2) is 0 Å². The third-order valence-corrected chi connectivity index (χ3v) is 5.01. The van der Waals surface area contributed by atoms with E-state index >= 15 is 0 Å². The zero-order valence-corrected chi connectivity index (χ0v) is 17.7. The average molecular weight is 367 g/mol. The molecule has 0 fully saturated rings. The van der Waals surface area contributed by atoms with E-state index in [9.17, 15) is 0 Å². The van der Waals surface area contributed by atoms with Crippen molar-refractivity contribution >= 4 is 0 Å². The molecule has 0 radical (unpaired) electrons. The van der Waals surface area contributed by atoms with E-state index in [0.717, 1.165) is 43.1 Å². The number of methoxy groups -OCH3 is 3. The highest BCUT2D eigenvalue weighted by Gasteiger charge is 2.21. The highest BCUT2D eigenvalue weighted by Crippen LogP contribution is 2.45. The van der Waals surface area contributed by atoms with E-state index < -0.39 is 0 Å². The molecule has 26 heavy (non-hydrogen) atoms. The lowest BCUT2D eigenvalue weighted by molar-refractivity contribution is 0.127. The van der Waals surface area contributed by atoms with Gasteiger partial charge in [-0.05, 0) is 44.2 Å². The molecule has 0 heterocycles. The highest BCUT2D eigenvalue weighted by molar-refractivity contribution is 5.63. The Labute approximate surface area is 160 Å². The molecule has 0 amide bonds. The van der Waals surface area contributed by atoms with Crippen LogP contribution in [-0.4, -0.2) is 34.5 Å². The van der Waals surface area contributed by atoms with Gasteiger partial charge in [0.15, 0.2) is 11.5 Å². The minimum Gasteiger partial charge on any atom is -0.492 e. The fraction of sp³-hybridized carbons (Fsp3) is 0.727. The molecule has 0 aliphatic heterocycles. The van der Waals surface area contributed by atoms with Crippen molar-refractivity contribution in [3.63, 3.8) is 0 Å². The Morgan fingerprint density at radius 2 is 1.19 bits per heavy atom. The smallest absolute Gasteiger partial charge is 0.203 e. The summed E-state index contributed by atoms with van der Waals surface area (Å²) in [5.41, 5.74) is 3.49. The molecule has 1 aromatic rings. The summed E-state index contributed by atoms with van der Waals surface area (Å²) in [6.45, 7) is 8.08. The lowest BCUT2D eigenvalue weighted by Crippen LogP contribution is -2.06. The number of rotatable bonds is 14. The number of benzene rings is 1. The standard InChI is InChI=1S/C22H38O4/c1-7-8-9-10-11-12-15-26-16-13-14-19-17(2)18(3)20(23-4)22(25-6)21(19)24-5/h7-16H2,1-6H3. The van der Waals surface area contributed by atoms with Crippen LogP contribution in [0.5, 0.6) is 17.2 Å². The van der Waals surface area contributed by atoms with Crippen LogP contribution < -0.4 is 14.2 Å². The SMILES string of the molecule is CCCCCCCCOCCCc1c(C)c(C)c(OC)c(OC)c1OC. The van der Waals surface area contributed by atoms with Gasteiger partial charge in [-0.15, -0.1) is 0 Å². The molecule has 0 bridgehead atoms. The molecule has 0 aromatic heterocycles. The summed E-state index contributed by atoms with van der Waals surface area (Å²) in [5, 5.41) is 0. The van der Waals surface area contributed by atoms with Gasteiger partial charge in [-0.1, -0.05) is 39.0 Å². The second kappa shape index (κ2) is 12.9. The molecule has 4 nitrogen and oxygen atoms in total. The van der Waals surface area contributed by atoms with Crippen molar-refractivity contribution in [3.8, 4) is 17.2 Å². The van der Waals surface area contributed by atoms with Gasteiger partial charge in [-0.2, -0.15) is 0 Å². The van der Waals surface area contributed by atoms with E-state index in [0.29, 0.717) is 5.75 Å². The predicted octanol–water partition coefficient (Wildman–Crippen LogP) is 5.64. The van der Waals surface area contributed by atoms with Gasteiger partial charge in [0.2, 0.25) is 5.75 Å². The number of unbranched alkanes of at least 4 members (excludes halogenated alkanes) is 5. The first-order chi connectivity index (χ1) is 12.6. The summed E-state index contributed by atoms with van der Waals surface area (Å²) in [4.78, 5) is 0. The molecule has 0 saturated heterocycles. The van der Waals surface area contributed by atoms with E-state index in [1.807, 2.05) is 0 Å². The Hall–Kier alpha value is -1.42. The van der Waals surface area contributed by atoms with E-state index in [-0.39, 0.29) is 0 Å². The molecular formula is C22H38O4. The second-order valence-corrected chi connectivity index (χ2v) is 6.81. The van der Waals surface area contributed by atoms with Crippen molar-refractivity contribution in [2.45, 2.75) is 72.1 Å². The zero-order valence-electron chi connectivity index (χ0n) is 17.7. The van der Waals surface area contributed by atoms with E-state index in [4.69, 9.17) is 18.9 Å². The zero-order chi connectivity index (χ0) is 19.4. The summed E-state index contributed by atoms with van der Waals surface area (Å²) < 4.78 is 22.5. The lowest BCUT2D eigenvalue weighted by atomic mass is 9.96. The quantitative estimate of drug-likeness (QED) is 0.399. The molecule has 0 atom stereocenters. The largest absolute Gasteiger partial charge is 0.492 e. The molecule has 4 heteroatoms. The van der Waals surface area contributed by atoms with Crippen LogP contribution in [0.2, 0.25) is 0 Å². The van der Waals surface area contributed by atoms with Gasteiger partial charge in [0, 0.05) is 18.8 Å². The average Bonchev–Trinajstić information content (AvgIpc) is 2.65. The fourth-order valence-corrected chi connectivity index (χ4v) is 3.36. The van der Waals surface area contributed by atoms with Crippen molar-refractivity contribution in [1.29, 1.82) is 0 Å². The topological polar surface area (TPSA) is 36.9 Å². The Morgan fingerprint density at radius 1 is 0.615 bits per heavy atom. The maximum Gasteiger partial charge on any atom is 0.203 e. The molecule has 0 aliphatic rings. The third kappa shape index (κ3) is 6.39. The monoisotopic (exact) mass is 366 g/mol. The van der Waals surface area contributed by atoms with Crippen LogP contribution in [0.3, 0.4) is 0 Å². The van der Waals surface area contributed by atoms with Crippen LogP contribution in [-0.2, 0) is 11.2 Å². The van der Waals surface area contributed by atoms with Crippen LogP contribution in [0.1, 0.15) is 68.6 Å². The van der Waals surface area contributed by atoms with Crippen molar-refractivity contribution in [1.82, 2.24) is 0 Å². The highest BCUT2D eigenvalue weighted by atomic mass is 16.5. The van der Waals surface area contributed by atoms with Gasteiger partial charge >= 0.3 is 0 Å². The van der Waals surface area contributed by atoms with E-state index in [1.54, 1.807) is 21.3 Å². The number of ether oxygens (including phenoxy) is 4. The number of hydrogen-bond donors (Lipinski definition) is 0. The van der Waals surface area contributed by atoms with Crippen LogP contribution in [0.4, 0.5) is 0 Å². The van der Waals surface area contributed by atoms with Gasteiger partial charge < -0.3 is 18.9 Å². The molecule has 150 valence electrons. The molecule has 1 aromatic carbocycles. The minimum absolute atomic E-state index is 0.682. The summed E-state index contributed by atoms with van der Waals surface area (Å²) in [7, 11) is 5.01. The summed E-state index contributed by atoms with van der Waals surface area (Å²) in [5.74, 6) is 2.22. The minimum atomic E-state index is 0.682. The van der Waals surface area contributed by atoms with Gasteiger partial charge in [0.1, 0.15) is 0 Å². The van der Waals surface area contributed by atoms with Crippen LogP contribution in [0, 0.1) is 13.8 Å². The Kier molecular flexibility index (Phi) is 11.2. The summed E-state index contributed by atoms with van der Waals surface area (Å²) in [6.07, 6.45) is 9.67. The maximum atomic E-state index is 5.81. The van der Waals surface area contributed by atoms with Crippen molar-refractivity contribution in [2.75, 3.05) is 34.5 Å². The van der Waals surface area contributed by atoms with E-state index in [2.05, 4.69) is 20.8 Å². The predicted molar refractivity (Wildman–Crippen MR) is 108 cm³/mol. The van der Waals surface area contributed by atoms with Crippen molar-refractivity contribution < 1.29 is 18.9 Å². The molecule has 0 aliphatic carbocycles.